The maximum absolute atomic E-state index is 5.60. The quantitative estimate of drug-likeness (QED) is 0.280. The van der Waals surface area contributed by atoms with E-state index in [1.807, 2.05) is 64.1 Å². The fourth-order valence-corrected chi connectivity index (χ4v) is 3.78. The summed E-state index contributed by atoms with van der Waals surface area (Å²) >= 11 is 0. The molecule has 38 heavy (non-hydrogen) atoms. The molecule has 3 aromatic heterocycles. The molecular weight excluding hydrogens is 486 g/mol. The average molecular weight is 524 g/mol. The van der Waals surface area contributed by atoms with Gasteiger partial charge >= 0.3 is 0 Å². The van der Waals surface area contributed by atoms with Crippen molar-refractivity contribution in [2.24, 2.45) is 0 Å². The maximum Gasteiger partial charge on any atom is 0.188 e. The number of aromatic nitrogens is 4. The zero-order chi connectivity index (χ0) is 27.3. The van der Waals surface area contributed by atoms with E-state index in [1.54, 1.807) is 20.4 Å². The molecular formula is C28H37N5O5. The van der Waals surface area contributed by atoms with Gasteiger partial charge in [-0.05, 0) is 18.2 Å². The molecule has 4 heterocycles. The van der Waals surface area contributed by atoms with Crippen molar-refractivity contribution < 1.29 is 23.5 Å². The van der Waals surface area contributed by atoms with Gasteiger partial charge in [0.15, 0.2) is 24.2 Å². The highest BCUT2D eigenvalue weighted by Gasteiger charge is 2.20. The summed E-state index contributed by atoms with van der Waals surface area (Å²) in [5.74, 6) is 2.67. The van der Waals surface area contributed by atoms with E-state index in [1.165, 1.54) is 0 Å². The van der Waals surface area contributed by atoms with E-state index in [2.05, 4.69) is 10.1 Å². The lowest BCUT2D eigenvalue weighted by Gasteiger charge is -2.28. The molecule has 10 nitrogen and oxygen atoms in total. The second-order valence-corrected chi connectivity index (χ2v) is 7.75. The number of fused-ring (bicyclic) bond motifs is 1. The summed E-state index contributed by atoms with van der Waals surface area (Å²) in [4.78, 5) is 16.7. The van der Waals surface area contributed by atoms with Crippen LogP contribution in [-0.2, 0) is 20.8 Å². The molecule has 0 bridgehead atoms. The zero-order valence-electron chi connectivity index (χ0n) is 23.1. The second-order valence-electron chi connectivity index (χ2n) is 7.75. The Morgan fingerprint density at radius 3 is 2.45 bits per heavy atom. The number of rotatable bonds is 8. The topological polar surface area (TPSA) is 105 Å². The second kappa shape index (κ2) is 15.0. The Bertz CT molecular complexity index is 1270. The Balaban J connectivity index is 0.000000956. The van der Waals surface area contributed by atoms with Crippen molar-refractivity contribution in [2.75, 3.05) is 52.2 Å². The number of benzene rings is 1. The molecule has 1 aliphatic heterocycles. The highest BCUT2D eigenvalue weighted by molar-refractivity contribution is 5.90. The van der Waals surface area contributed by atoms with Gasteiger partial charge in [-0.3, -0.25) is 0 Å². The molecule has 0 N–H and O–H groups in total. The van der Waals surface area contributed by atoms with Gasteiger partial charge in [0, 0.05) is 50.7 Å². The van der Waals surface area contributed by atoms with Crippen molar-refractivity contribution in [2.45, 2.75) is 34.3 Å². The number of nitrogens with zero attached hydrogens (tertiary/aromatic N) is 5. The van der Waals surface area contributed by atoms with E-state index in [4.69, 9.17) is 38.4 Å². The van der Waals surface area contributed by atoms with Crippen LogP contribution < -0.4 is 9.64 Å². The molecule has 0 saturated carbocycles. The van der Waals surface area contributed by atoms with E-state index in [-0.39, 0.29) is 6.79 Å². The number of ether oxygens (including phenoxy) is 4. The Morgan fingerprint density at radius 2 is 1.71 bits per heavy atom. The van der Waals surface area contributed by atoms with Gasteiger partial charge < -0.3 is 28.4 Å². The molecule has 0 radical (unpaired) electrons. The molecule has 0 spiro atoms. The van der Waals surface area contributed by atoms with E-state index < -0.39 is 0 Å². The van der Waals surface area contributed by atoms with Crippen molar-refractivity contribution in [3.63, 3.8) is 0 Å². The largest absolute Gasteiger partial charge is 0.468 e. The SMILES string of the molecule is CC.CC.COCOc1cccc(-c2nc(N3CCOCC3)c3ncc(-c4cc(COC)on4)cc3n2)c1. The molecule has 1 aliphatic rings. The first-order valence-corrected chi connectivity index (χ1v) is 12.9. The van der Waals surface area contributed by atoms with Crippen LogP contribution in [0.3, 0.4) is 0 Å². The van der Waals surface area contributed by atoms with E-state index in [0.29, 0.717) is 48.4 Å². The third-order valence-corrected chi connectivity index (χ3v) is 5.41. The summed E-state index contributed by atoms with van der Waals surface area (Å²) in [6, 6.07) is 11.4. The van der Waals surface area contributed by atoms with Gasteiger partial charge in [0.1, 0.15) is 23.6 Å². The summed E-state index contributed by atoms with van der Waals surface area (Å²) in [5, 5.41) is 4.15. The lowest BCUT2D eigenvalue weighted by Crippen LogP contribution is -2.37. The summed E-state index contributed by atoms with van der Waals surface area (Å²) in [5.41, 5.74) is 3.74. The molecule has 5 rings (SSSR count). The number of pyridine rings is 1. The molecule has 0 unspecified atom stereocenters. The lowest BCUT2D eigenvalue weighted by atomic mass is 10.1. The first kappa shape index (κ1) is 29.0. The van der Waals surface area contributed by atoms with Crippen molar-refractivity contribution in [3.05, 3.63) is 48.4 Å². The lowest BCUT2D eigenvalue weighted by molar-refractivity contribution is 0.0511. The fraction of sp³-hybridized carbons (Fsp3) is 0.429. The van der Waals surface area contributed by atoms with E-state index in [0.717, 1.165) is 35.6 Å². The third kappa shape index (κ3) is 7.03. The first-order valence-electron chi connectivity index (χ1n) is 12.9. The smallest absolute Gasteiger partial charge is 0.188 e. The monoisotopic (exact) mass is 523 g/mol. The van der Waals surface area contributed by atoms with Gasteiger partial charge in [-0.2, -0.15) is 0 Å². The molecule has 1 saturated heterocycles. The number of anilines is 1. The van der Waals surface area contributed by atoms with Crippen LogP contribution in [0.25, 0.3) is 33.7 Å². The number of methoxy groups -OCH3 is 2. The van der Waals surface area contributed by atoms with Crippen molar-refractivity contribution in [1.29, 1.82) is 0 Å². The predicted octanol–water partition coefficient (Wildman–Crippen LogP) is 5.36. The Kier molecular flexibility index (Phi) is 11.4. The van der Waals surface area contributed by atoms with Gasteiger partial charge in [-0.1, -0.05) is 45.0 Å². The van der Waals surface area contributed by atoms with Crippen LogP contribution in [-0.4, -0.2) is 67.4 Å². The molecule has 0 amide bonds. The Labute approximate surface area is 223 Å². The Morgan fingerprint density at radius 1 is 0.921 bits per heavy atom. The van der Waals surface area contributed by atoms with Crippen LogP contribution >= 0.6 is 0 Å². The molecule has 204 valence electrons. The van der Waals surface area contributed by atoms with Gasteiger partial charge in [-0.25, -0.2) is 15.0 Å². The summed E-state index contributed by atoms with van der Waals surface area (Å²) in [7, 11) is 3.20. The van der Waals surface area contributed by atoms with Crippen LogP contribution in [0.1, 0.15) is 33.5 Å². The summed E-state index contributed by atoms with van der Waals surface area (Å²) in [6.07, 6.45) is 1.77. The standard InChI is InChI=1S/C24H25N5O5.2C2H6/c1-30-14-19-12-20(28-34-19)17-11-21-22(25-13-17)24(29-6-8-32-9-7-29)27-23(26-21)16-4-3-5-18(10-16)33-15-31-2;2*1-2/h3-5,10-13H,6-9,14-15H2,1-2H3;2*1-2H3. The predicted molar refractivity (Wildman–Crippen MR) is 147 cm³/mol. The number of morpholine rings is 1. The van der Waals surface area contributed by atoms with Gasteiger partial charge in [0.2, 0.25) is 0 Å². The average Bonchev–Trinajstić information content (AvgIpc) is 3.47. The van der Waals surface area contributed by atoms with Gasteiger partial charge in [-0.15, -0.1) is 0 Å². The van der Waals surface area contributed by atoms with Crippen LogP contribution in [0.2, 0.25) is 0 Å². The molecule has 1 fully saturated rings. The van der Waals surface area contributed by atoms with Gasteiger partial charge in [0.25, 0.3) is 0 Å². The minimum absolute atomic E-state index is 0.164. The molecule has 10 heteroatoms. The Hall–Kier alpha value is -3.60. The maximum atomic E-state index is 5.60. The van der Waals surface area contributed by atoms with Crippen molar-refractivity contribution in [3.8, 4) is 28.4 Å². The normalized spacial score (nSPS) is 12.8. The van der Waals surface area contributed by atoms with E-state index in [9.17, 15) is 0 Å². The van der Waals surface area contributed by atoms with Crippen LogP contribution in [0.4, 0.5) is 5.82 Å². The molecule has 1 aromatic carbocycles. The summed E-state index contributed by atoms with van der Waals surface area (Å²) in [6.45, 7) is 11.3. The highest BCUT2D eigenvalue weighted by atomic mass is 16.7. The molecule has 4 aromatic rings. The minimum Gasteiger partial charge on any atom is -0.468 e. The van der Waals surface area contributed by atoms with E-state index >= 15 is 0 Å². The number of hydrogen-bond acceptors (Lipinski definition) is 10. The van der Waals surface area contributed by atoms with Gasteiger partial charge in [0.05, 0.1) is 18.7 Å². The van der Waals surface area contributed by atoms with Crippen LogP contribution in [0.5, 0.6) is 5.75 Å². The molecule has 0 aliphatic carbocycles. The summed E-state index contributed by atoms with van der Waals surface area (Å²) < 4.78 is 26.6. The van der Waals surface area contributed by atoms with Crippen molar-refractivity contribution >= 4 is 16.9 Å². The molecule has 0 atom stereocenters. The zero-order valence-corrected chi connectivity index (χ0v) is 23.1. The first-order chi connectivity index (χ1) is 18.7. The van der Waals surface area contributed by atoms with Crippen LogP contribution in [0, 0.1) is 0 Å². The van der Waals surface area contributed by atoms with Crippen molar-refractivity contribution in [1.82, 2.24) is 20.1 Å². The highest BCUT2D eigenvalue weighted by Crippen LogP contribution is 2.31. The number of hydrogen-bond donors (Lipinski definition) is 0. The fourth-order valence-electron chi connectivity index (χ4n) is 3.78. The van der Waals surface area contributed by atoms with Crippen LogP contribution in [0.15, 0.2) is 47.1 Å². The minimum atomic E-state index is 0.164. The third-order valence-electron chi connectivity index (χ3n) is 5.41.